The van der Waals surface area contributed by atoms with Crippen LogP contribution in [-0.4, -0.2) is 61.5 Å². The lowest BCUT2D eigenvalue weighted by molar-refractivity contribution is -0.396. The Balaban J connectivity index is 2.52. The third kappa shape index (κ3) is 2.50. The zero-order valence-electron chi connectivity index (χ0n) is 10.7. The van der Waals surface area contributed by atoms with E-state index < -0.39 is 47.4 Å². The molecular weight excluding hydrogens is 286 g/mol. The first-order chi connectivity index (χ1) is 9.82. The SMILES string of the molecule is O=[N+]([O-])c1ccccc1C1(O)O[C@H](CO)[C@H](O)[C@H](O)[C@H]1O. The van der Waals surface area contributed by atoms with Crippen LogP contribution in [-0.2, 0) is 10.5 Å². The first-order valence-corrected chi connectivity index (χ1v) is 6.12. The Bertz CT molecular complexity index is 536. The van der Waals surface area contributed by atoms with Crippen LogP contribution in [0.5, 0.6) is 0 Å². The third-order valence-electron chi connectivity index (χ3n) is 3.45. The van der Waals surface area contributed by atoms with E-state index in [4.69, 9.17) is 9.84 Å². The lowest BCUT2D eigenvalue weighted by atomic mass is 9.87. The molecule has 0 bridgehead atoms. The Labute approximate surface area is 118 Å². The zero-order chi connectivity index (χ0) is 15.8. The maximum atomic E-state index is 11.0. The number of rotatable bonds is 3. The average Bonchev–Trinajstić information content (AvgIpc) is 2.49. The lowest BCUT2D eigenvalue weighted by Gasteiger charge is -2.45. The summed E-state index contributed by atoms with van der Waals surface area (Å²) in [6.45, 7) is -0.756. The minimum absolute atomic E-state index is 0.383. The van der Waals surface area contributed by atoms with Crippen LogP contribution in [0.15, 0.2) is 24.3 Å². The molecule has 0 aromatic heterocycles. The van der Waals surface area contributed by atoms with Gasteiger partial charge < -0.3 is 30.3 Å². The first-order valence-electron chi connectivity index (χ1n) is 6.12. The molecule has 1 heterocycles. The van der Waals surface area contributed by atoms with Gasteiger partial charge >= 0.3 is 0 Å². The molecule has 5 atom stereocenters. The van der Waals surface area contributed by atoms with E-state index in [0.717, 1.165) is 12.1 Å². The van der Waals surface area contributed by atoms with Gasteiger partial charge in [0.15, 0.2) is 0 Å². The number of hydrogen-bond acceptors (Lipinski definition) is 8. The number of nitro groups is 1. The molecule has 5 N–H and O–H groups in total. The maximum absolute atomic E-state index is 11.0. The Kier molecular flexibility index (Phi) is 4.23. The summed E-state index contributed by atoms with van der Waals surface area (Å²) in [6, 6.07) is 4.98. The van der Waals surface area contributed by atoms with Gasteiger partial charge in [0, 0.05) is 6.07 Å². The van der Waals surface area contributed by atoms with Crippen LogP contribution in [0.3, 0.4) is 0 Å². The van der Waals surface area contributed by atoms with Crippen molar-refractivity contribution in [3.63, 3.8) is 0 Å². The van der Waals surface area contributed by atoms with Crippen molar-refractivity contribution in [1.82, 2.24) is 0 Å². The summed E-state index contributed by atoms with van der Waals surface area (Å²) in [6.07, 6.45) is -6.93. The van der Waals surface area contributed by atoms with E-state index in [1.165, 1.54) is 12.1 Å². The molecule has 1 fully saturated rings. The molecule has 1 unspecified atom stereocenters. The van der Waals surface area contributed by atoms with Gasteiger partial charge in [0.1, 0.15) is 24.4 Å². The number of para-hydroxylation sites is 1. The molecule has 1 saturated heterocycles. The normalized spacial score (nSPS) is 36.4. The standard InChI is InChI=1S/C12H15NO8/c14-5-8-9(15)10(16)11(17)12(18,21-8)6-3-1-2-4-7(6)13(19)20/h1-4,8-11,14-18H,5H2/t8-,9+,10+,11-,12?/m1/s1. The summed E-state index contributed by atoms with van der Waals surface area (Å²) in [5, 5.41) is 59.9. The average molecular weight is 301 g/mol. The highest BCUT2D eigenvalue weighted by molar-refractivity contribution is 5.43. The molecule has 0 radical (unpaired) electrons. The fourth-order valence-electron chi connectivity index (χ4n) is 2.31. The molecule has 0 spiro atoms. The number of benzene rings is 1. The van der Waals surface area contributed by atoms with Crippen LogP contribution in [0.4, 0.5) is 5.69 Å². The topological polar surface area (TPSA) is 154 Å². The monoisotopic (exact) mass is 301 g/mol. The second kappa shape index (κ2) is 5.64. The highest BCUT2D eigenvalue weighted by Crippen LogP contribution is 2.39. The second-order valence-electron chi connectivity index (χ2n) is 4.74. The van der Waals surface area contributed by atoms with Crippen molar-refractivity contribution < 1.29 is 35.2 Å². The van der Waals surface area contributed by atoms with E-state index in [-0.39, 0.29) is 5.56 Å². The third-order valence-corrected chi connectivity index (χ3v) is 3.45. The number of ether oxygens (including phenoxy) is 1. The van der Waals surface area contributed by atoms with E-state index in [1.54, 1.807) is 0 Å². The quantitative estimate of drug-likeness (QED) is 0.324. The van der Waals surface area contributed by atoms with E-state index in [1.807, 2.05) is 0 Å². The molecular formula is C12H15NO8. The van der Waals surface area contributed by atoms with Gasteiger partial charge in [-0.15, -0.1) is 0 Å². The van der Waals surface area contributed by atoms with Crippen molar-refractivity contribution in [1.29, 1.82) is 0 Å². The predicted octanol–water partition coefficient (Wildman–Crippen LogP) is -1.79. The van der Waals surface area contributed by atoms with Crippen molar-refractivity contribution in [2.75, 3.05) is 6.61 Å². The Morgan fingerprint density at radius 1 is 1.24 bits per heavy atom. The van der Waals surface area contributed by atoms with Crippen molar-refractivity contribution in [2.45, 2.75) is 30.2 Å². The summed E-state index contributed by atoms with van der Waals surface area (Å²) in [5.74, 6) is -2.63. The van der Waals surface area contributed by atoms with Crippen molar-refractivity contribution in [3.8, 4) is 0 Å². The van der Waals surface area contributed by atoms with Crippen LogP contribution in [0, 0.1) is 10.1 Å². The van der Waals surface area contributed by atoms with Crippen molar-refractivity contribution >= 4 is 5.69 Å². The molecule has 1 aromatic rings. The molecule has 9 heteroatoms. The minimum atomic E-state index is -2.63. The van der Waals surface area contributed by atoms with E-state index in [0.29, 0.717) is 0 Å². The van der Waals surface area contributed by atoms with E-state index >= 15 is 0 Å². The van der Waals surface area contributed by atoms with Crippen LogP contribution < -0.4 is 0 Å². The molecule has 21 heavy (non-hydrogen) atoms. The fourth-order valence-corrected chi connectivity index (χ4v) is 2.31. The largest absolute Gasteiger partial charge is 0.394 e. The van der Waals surface area contributed by atoms with E-state index in [2.05, 4.69) is 0 Å². The number of aliphatic hydroxyl groups is 5. The summed E-state index contributed by atoms with van der Waals surface area (Å²) in [5.41, 5.74) is -0.911. The van der Waals surface area contributed by atoms with Crippen LogP contribution in [0.2, 0.25) is 0 Å². The highest BCUT2D eigenvalue weighted by atomic mass is 16.7. The van der Waals surface area contributed by atoms with Gasteiger partial charge in [-0.3, -0.25) is 10.1 Å². The predicted molar refractivity (Wildman–Crippen MR) is 67.0 cm³/mol. The summed E-state index contributed by atoms with van der Waals surface area (Å²) in [7, 11) is 0. The number of hydrogen-bond donors (Lipinski definition) is 5. The summed E-state index contributed by atoms with van der Waals surface area (Å²) < 4.78 is 5.04. The van der Waals surface area contributed by atoms with Gasteiger partial charge in [-0.25, -0.2) is 0 Å². The molecule has 0 saturated carbocycles. The fraction of sp³-hybridized carbons (Fsp3) is 0.500. The van der Waals surface area contributed by atoms with Crippen LogP contribution in [0.1, 0.15) is 5.56 Å². The summed E-state index contributed by atoms with van der Waals surface area (Å²) in [4.78, 5) is 10.2. The van der Waals surface area contributed by atoms with Gasteiger partial charge in [0.05, 0.1) is 17.1 Å². The van der Waals surface area contributed by atoms with Gasteiger partial charge in [-0.2, -0.15) is 0 Å². The number of aliphatic hydroxyl groups excluding tert-OH is 4. The Morgan fingerprint density at radius 2 is 1.86 bits per heavy atom. The van der Waals surface area contributed by atoms with Gasteiger partial charge in [-0.05, 0) is 6.07 Å². The number of nitro benzene ring substituents is 1. The van der Waals surface area contributed by atoms with Gasteiger partial charge in [0.25, 0.3) is 5.69 Å². The Hall–Kier alpha value is -1.62. The molecule has 2 rings (SSSR count). The number of nitrogens with zero attached hydrogens (tertiary/aromatic N) is 1. The van der Waals surface area contributed by atoms with Gasteiger partial charge in [0.2, 0.25) is 5.79 Å². The van der Waals surface area contributed by atoms with E-state index in [9.17, 15) is 30.5 Å². The first kappa shape index (κ1) is 15.8. The van der Waals surface area contributed by atoms with Crippen LogP contribution in [0.25, 0.3) is 0 Å². The molecule has 1 aromatic carbocycles. The second-order valence-corrected chi connectivity index (χ2v) is 4.74. The smallest absolute Gasteiger partial charge is 0.278 e. The lowest BCUT2D eigenvalue weighted by Crippen LogP contribution is -2.63. The molecule has 1 aliphatic heterocycles. The van der Waals surface area contributed by atoms with Crippen LogP contribution >= 0.6 is 0 Å². The van der Waals surface area contributed by atoms with Crippen molar-refractivity contribution in [2.24, 2.45) is 0 Å². The zero-order valence-corrected chi connectivity index (χ0v) is 10.7. The summed E-state index contributed by atoms with van der Waals surface area (Å²) >= 11 is 0. The minimum Gasteiger partial charge on any atom is -0.394 e. The molecule has 9 nitrogen and oxygen atoms in total. The molecule has 0 aliphatic carbocycles. The Morgan fingerprint density at radius 3 is 2.43 bits per heavy atom. The van der Waals surface area contributed by atoms with Gasteiger partial charge in [-0.1, -0.05) is 12.1 Å². The molecule has 1 aliphatic rings. The maximum Gasteiger partial charge on any atom is 0.278 e. The molecule has 0 amide bonds. The van der Waals surface area contributed by atoms with Crippen molar-refractivity contribution in [3.05, 3.63) is 39.9 Å². The highest BCUT2D eigenvalue weighted by Gasteiger charge is 2.55. The molecule has 116 valence electrons.